The van der Waals surface area contributed by atoms with E-state index in [1.54, 1.807) is 18.7 Å². The maximum absolute atomic E-state index is 12.5. The summed E-state index contributed by atoms with van der Waals surface area (Å²) in [5.41, 5.74) is 1.19. The zero-order valence-electron chi connectivity index (χ0n) is 13.5. The Kier molecular flexibility index (Phi) is 5.54. The summed E-state index contributed by atoms with van der Waals surface area (Å²) in [7, 11) is 0. The Balaban J connectivity index is 1.84. The van der Waals surface area contributed by atoms with Crippen LogP contribution in [0.5, 0.6) is 0 Å². The highest BCUT2D eigenvalue weighted by molar-refractivity contribution is 5.96. The Hall–Kier alpha value is -1.89. The van der Waals surface area contributed by atoms with Crippen LogP contribution in [0.2, 0.25) is 0 Å². The summed E-state index contributed by atoms with van der Waals surface area (Å²) in [6.45, 7) is 9.30. The molecule has 122 valence electrons. The molecule has 0 aromatic carbocycles. The predicted octanol–water partition coefficient (Wildman–Crippen LogP) is 0.575. The first-order chi connectivity index (χ1) is 10.5. The standard InChI is InChI=1S/C15H24N4O3/c1-4-5-16-13(20)10-18-6-8-19(9-7-18)15(21)14-11(2)17-22-12(14)3/h4-10H2,1-3H3,(H,16,20). The number of carbonyl (C=O) groups excluding carboxylic acids is 2. The smallest absolute Gasteiger partial charge is 0.259 e. The Bertz CT molecular complexity index is 513. The van der Waals surface area contributed by atoms with E-state index in [2.05, 4.69) is 15.4 Å². The van der Waals surface area contributed by atoms with Crippen LogP contribution in [0.15, 0.2) is 4.52 Å². The second-order valence-electron chi connectivity index (χ2n) is 5.62. The molecule has 0 saturated carbocycles. The monoisotopic (exact) mass is 308 g/mol. The van der Waals surface area contributed by atoms with Gasteiger partial charge in [-0.25, -0.2) is 0 Å². The van der Waals surface area contributed by atoms with Gasteiger partial charge in [0.15, 0.2) is 0 Å². The van der Waals surface area contributed by atoms with Crippen molar-refractivity contribution >= 4 is 11.8 Å². The average Bonchev–Trinajstić information content (AvgIpc) is 2.84. The van der Waals surface area contributed by atoms with Crippen LogP contribution in [0.4, 0.5) is 0 Å². The van der Waals surface area contributed by atoms with E-state index >= 15 is 0 Å². The molecule has 1 aliphatic heterocycles. The summed E-state index contributed by atoms with van der Waals surface area (Å²) in [4.78, 5) is 28.1. The second kappa shape index (κ2) is 7.40. The number of aryl methyl sites for hydroxylation is 2. The van der Waals surface area contributed by atoms with Crippen molar-refractivity contribution in [3.8, 4) is 0 Å². The summed E-state index contributed by atoms with van der Waals surface area (Å²) in [6, 6.07) is 0. The highest BCUT2D eigenvalue weighted by Crippen LogP contribution is 2.16. The number of hydrogen-bond donors (Lipinski definition) is 1. The quantitative estimate of drug-likeness (QED) is 0.860. The van der Waals surface area contributed by atoms with Gasteiger partial charge in [-0.3, -0.25) is 14.5 Å². The Labute approximate surface area is 130 Å². The molecule has 2 amide bonds. The molecule has 22 heavy (non-hydrogen) atoms. The Morgan fingerprint density at radius 2 is 1.91 bits per heavy atom. The molecule has 1 fully saturated rings. The number of nitrogens with zero attached hydrogens (tertiary/aromatic N) is 3. The van der Waals surface area contributed by atoms with Crippen molar-refractivity contribution in [3.05, 3.63) is 17.0 Å². The van der Waals surface area contributed by atoms with Gasteiger partial charge in [0.1, 0.15) is 11.3 Å². The van der Waals surface area contributed by atoms with Crippen LogP contribution in [0.3, 0.4) is 0 Å². The van der Waals surface area contributed by atoms with Crippen molar-refractivity contribution in [1.29, 1.82) is 0 Å². The lowest BCUT2D eigenvalue weighted by Gasteiger charge is -2.34. The third-order valence-electron chi connectivity index (χ3n) is 3.85. The lowest BCUT2D eigenvalue weighted by Crippen LogP contribution is -2.51. The van der Waals surface area contributed by atoms with E-state index in [0.717, 1.165) is 6.42 Å². The number of rotatable bonds is 5. The molecule has 0 unspecified atom stereocenters. The van der Waals surface area contributed by atoms with Crippen LogP contribution < -0.4 is 5.32 Å². The fourth-order valence-electron chi connectivity index (χ4n) is 2.58. The van der Waals surface area contributed by atoms with Crippen LogP contribution >= 0.6 is 0 Å². The fraction of sp³-hybridized carbons (Fsp3) is 0.667. The molecular formula is C15H24N4O3. The molecule has 0 radical (unpaired) electrons. The topological polar surface area (TPSA) is 78.7 Å². The number of amides is 2. The zero-order valence-corrected chi connectivity index (χ0v) is 13.5. The number of piperazine rings is 1. The van der Waals surface area contributed by atoms with E-state index in [1.165, 1.54) is 0 Å². The summed E-state index contributed by atoms with van der Waals surface area (Å²) in [5, 5.41) is 6.70. The molecule has 0 atom stereocenters. The number of hydrogen-bond acceptors (Lipinski definition) is 5. The van der Waals surface area contributed by atoms with Crippen molar-refractivity contribution in [2.75, 3.05) is 39.3 Å². The largest absolute Gasteiger partial charge is 0.361 e. The third-order valence-corrected chi connectivity index (χ3v) is 3.85. The Morgan fingerprint density at radius 3 is 2.45 bits per heavy atom. The summed E-state index contributed by atoms with van der Waals surface area (Å²) >= 11 is 0. The molecular weight excluding hydrogens is 284 g/mol. The van der Waals surface area contributed by atoms with Crippen molar-refractivity contribution < 1.29 is 14.1 Å². The highest BCUT2D eigenvalue weighted by atomic mass is 16.5. The molecule has 0 bridgehead atoms. The molecule has 0 aliphatic carbocycles. The minimum atomic E-state index is -0.0358. The van der Waals surface area contributed by atoms with Gasteiger partial charge in [-0.2, -0.15) is 0 Å². The maximum atomic E-state index is 12.5. The third kappa shape index (κ3) is 3.85. The minimum Gasteiger partial charge on any atom is -0.361 e. The molecule has 7 nitrogen and oxygen atoms in total. The van der Waals surface area contributed by atoms with Crippen molar-refractivity contribution in [1.82, 2.24) is 20.3 Å². The van der Waals surface area contributed by atoms with Gasteiger partial charge >= 0.3 is 0 Å². The van der Waals surface area contributed by atoms with E-state index in [0.29, 0.717) is 56.3 Å². The first kappa shape index (κ1) is 16.5. The molecule has 1 aromatic heterocycles. The van der Waals surface area contributed by atoms with Gasteiger partial charge < -0.3 is 14.7 Å². The van der Waals surface area contributed by atoms with E-state index in [9.17, 15) is 9.59 Å². The van der Waals surface area contributed by atoms with Gasteiger partial charge in [-0.1, -0.05) is 12.1 Å². The molecule has 1 N–H and O–H groups in total. The fourth-order valence-corrected chi connectivity index (χ4v) is 2.58. The van der Waals surface area contributed by atoms with E-state index in [4.69, 9.17) is 4.52 Å². The van der Waals surface area contributed by atoms with Gasteiger partial charge in [0.25, 0.3) is 5.91 Å². The van der Waals surface area contributed by atoms with Crippen LogP contribution in [0.25, 0.3) is 0 Å². The van der Waals surface area contributed by atoms with Gasteiger partial charge in [0.2, 0.25) is 5.91 Å². The molecule has 7 heteroatoms. The van der Waals surface area contributed by atoms with E-state index in [-0.39, 0.29) is 11.8 Å². The summed E-state index contributed by atoms with van der Waals surface area (Å²) in [5.74, 6) is 0.572. The van der Waals surface area contributed by atoms with Crippen molar-refractivity contribution in [3.63, 3.8) is 0 Å². The molecule has 2 heterocycles. The SMILES string of the molecule is CCCNC(=O)CN1CCN(C(=O)c2c(C)noc2C)CC1. The lowest BCUT2D eigenvalue weighted by atomic mass is 10.1. The lowest BCUT2D eigenvalue weighted by molar-refractivity contribution is -0.122. The predicted molar refractivity (Wildman–Crippen MR) is 81.6 cm³/mol. The first-order valence-electron chi connectivity index (χ1n) is 7.74. The molecule has 0 spiro atoms. The van der Waals surface area contributed by atoms with Crippen molar-refractivity contribution in [2.45, 2.75) is 27.2 Å². The first-order valence-corrected chi connectivity index (χ1v) is 7.74. The minimum absolute atomic E-state index is 0.0358. The van der Waals surface area contributed by atoms with Crippen LogP contribution in [0.1, 0.15) is 35.2 Å². The van der Waals surface area contributed by atoms with Crippen LogP contribution in [-0.2, 0) is 4.79 Å². The highest BCUT2D eigenvalue weighted by Gasteiger charge is 2.27. The summed E-state index contributed by atoms with van der Waals surface area (Å²) < 4.78 is 5.06. The molecule has 2 rings (SSSR count). The maximum Gasteiger partial charge on any atom is 0.259 e. The second-order valence-corrected chi connectivity index (χ2v) is 5.62. The molecule has 1 aromatic rings. The Morgan fingerprint density at radius 1 is 1.23 bits per heavy atom. The van der Waals surface area contributed by atoms with Gasteiger partial charge in [-0.15, -0.1) is 0 Å². The van der Waals surface area contributed by atoms with Crippen LogP contribution in [0, 0.1) is 13.8 Å². The zero-order chi connectivity index (χ0) is 16.1. The number of carbonyl (C=O) groups is 2. The summed E-state index contributed by atoms with van der Waals surface area (Å²) in [6.07, 6.45) is 0.936. The van der Waals surface area contributed by atoms with Gasteiger partial charge in [-0.05, 0) is 20.3 Å². The van der Waals surface area contributed by atoms with Crippen LogP contribution in [-0.4, -0.2) is 66.0 Å². The normalized spacial score (nSPS) is 15.9. The van der Waals surface area contributed by atoms with Crippen molar-refractivity contribution in [2.24, 2.45) is 0 Å². The number of nitrogens with one attached hydrogen (secondary N) is 1. The van der Waals surface area contributed by atoms with Gasteiger partial charge in [0.05, 0.1) is 12.2 Å². The van der Waals surface area contributed by atoms with Gasteiger partial charge in [0, 0.05) is 32.7 Å². The molecule has 1 aliphatic rings. The molecule has 1 saturated heterocycles. The average molecular weight is 308 g/mol. The number of aromatic nitrogens is 1. The van der Waals surface area contributed by atoms with E-state index < -0.39 is 0 Å². The van der Waals surface area contributed by atoms with E-state index in [1.807, 2.05) is 6.92 Å².